The summed E-state index contributed by atoms with van der Waals surface area (Å²) in [5.74, 6) is -0.816. The number of aryl methyl sites for hydroxylation is 2. The zero-order valence-electron chi connectivity index (χ0n) is 16.1. The maximum atomic E-state index is 13.3. The van der Waals surface area contributed by atoms with Crippen molar-refractivity contribution in [3.63, 3.8) is 0 Å². The molecule has 152 valence electrons. The quantitative estimate of drug-likeness (QED) is 0.437. The Hall–Kier alpha value is -3.03. The maximum absolute atomic E-state index is 13.3. The summed E-state index contributed by atoms with van der Waals surface area (Å²) in [4.78, 5) is 40.7. The van der Waals surface area contributed by atoms with Gasteiger partial charge in [0.1, 0.15) is 10.6 Å². The molecule has 0 N–H and O–H groups in total. The van der Waals surface area contributed by atoms with E-state index in [1.807, 2.05) is 13.8 Å². The number of aromatic nitrogens is 2. The van der Waals surface area contributed by atoms with Gasteiger partial charge in [0.25, 0.3) is 5.56 Å². The normalized spacial score (nSPS) is 11.2. The molecule has 0 atom stereocenters. The molecular formula is C22H16ClFN2O3S. The van der Waals surface area contributed by atoms with Crippen LogP contribution in [0.25, 0.3) is 15.9 Å². The first-order valence-corrected chi connectivity index (χ1v) is 10.3. The van der Waals surface area contributed by atoms with Gasteiger partial charge in [0.15, 0.2) is 5.78 Å². The summed E-state index contributed by atoms with van der Waals surface area (Å²) < 4.78 is 15.5. The standard InChI is InChI=1S/C22H16ClFN2O3S/c1-12-13(2)30-21-19(12)20(28)26(17-5-3-4-15(23)10-17)22(29)25(21)11-18(27)14-6-8-16(24)9-7-14/h3-10H,11H2,1-2H3. The van der Waals surface area contributed by atoms with Crippen molar-refractivity contribution in [1.29, 1.82) is 0 Å². The lowest BCUT2D eigenvalue weighted by Crippen LogP contribution is -2.39. The van der Waals surface area contributed by atoms with Gasteiger partial charge < -0.3 is 0 Å². The zero-order chi connectivity index (χ0) is 21.6. The van der Waals surface area contributed by atoms with Crippen molar-refractivity contribution in [2.24, 2.45) is 0 Å². The SMILES string of the molecule is Cc1sc2c(c1C)c(=O)n(-c1cccc(Cl)c1)c(=O)n2CC(=O)c1ccc(F)cc1. The molecule has 4 rings (SSSR count). The number of thiophene rings is 1. The second-order valence-corrected chi connectivity index (χ2v) is 8.52. The third-order valence-electron chi connectivity index (χ3n) is 4.99. The van der Waals surface area contributed by atoms with Gasteiger partial charge in [-0.25, -0.2) is 13.8 Å². The molecule has 0 aliphatic heterocycles. The van der Waals surface area contributed by atoms with Gasteiger partial charge in [0.05, 0.1) is 17.6 Å². The first-order valence-electron chi connectivity index (χ1n) is 9.08. The lowest BCUT2D eigenvalue weighted by atomic mass is 10.1. The van der Waals surface area contributed by atoms with Crippen LogP contribution in [0.5, 0.6) is 0 Å². The van der Waals surface area contributed by atoms with Gasteiger partial charge in [0.2, 0.25) is 0 Å². The number of carbonyl (C=O) groups is 1. The van der Waals surface area contributed by atoms with Crippen molar-refractivity contribution in [1.82, 2.24) is 9.13 Å². The minimum atomic E-state index is -0.633. The molecule has 0 aliphatic carbocycles. The third kappa shape index (κ3) is 3.40. The zero-order valence-corrected chi connectivity index (χ0v) is 17.7. The van der Waals surface area contributed by atoms with E-state index in [9.17, 15) is 18.8 Å². The van der Waals surface area contributed by atoms with Crippen molar-refractivity contribution >= 4 is 38.9 Å². The highest BCUT2D eigenvalue weighted by molar-refractivity contribution is 7.18. The minimum absolute atomic E-state index is 0.277. The van der Waals surface area contributed by atoms with Crippen LogP contribution in [0, 0.1) is 19.7 Å². The van der Waals surface area contributed by atoms with E-state index in [0.29, 0.717) is 20.9 Å². The molecule has 30 heavy (non-hydrogen) atoms. The average molecular weight is 443 g/mol. The number of fused-ring (bicyclic) bond motifs is 1. The van der Waals surface area contributed by atoms with Crippen LogP contribution >= 0.6 is 22.9 Å². The van der Waals surface area contributed by atoms with E-state index in [4.69, 9.17) is 11.6 Å². The van der Waals surface area contributed by atoms with Crippen LogP contribution in [0.15, 0.2) is 58.1 Å². The number of benzene rings is 2. The molecule has 4 aromatic rings. The second kappa shape index (κ2) is 7.66. The van der Waals surface area contributed by atoms with Gasteiger partial charge >= 0.3 is 5.69 Å². The van der Waals surface area contributed by atoms with Crippen LogP contribution in [0.2, 0.25) is 5.02 Å². The van der Waals surface area contributed by atoms with Gasteiger partial charge in [-0.05, 0) is 61.9 Å². The molecule has 0 spiro atoms. The van der Waals surface area contributed by atoms with E-state index >= 15 is 0 Å². The summed E-state index contributed by atoms with van der Waals surface area (Å²) in [5, 5.41) is 0.773. The summed E-state index contributed by atoms with van der Waals surface area (Å²) in [6, 6.07) is 11.6. The van der Waals surface area contributed by atoms with Crippen molar-refractivity contribution in [2.45, 2.75) is 20.4 Å². The Morgan fingerprint density at radius 2 is 1.80 bits per heavy atom. The van der Waals surface area contributed by atoms with E-state index in [-0.39, 0.29) is 17.9 Å². The van der Waals surface area contributed by atoms with E-state index < -0.39 is 17.1 Å². The van der Waals surface area contributed by atoms with E-state index in [1.165, 1.54) is 46.2 Å². The molecule has 0 amide bonds. The highest BCUT2D eigenvalue weighted by Gasteiger charge is 2.21. The fourth-order valence-corrected chi connectivity index (χ4v) is 4.64. The Kier molecular flexibility index (Phi) is 5.17. The van der Waals surface area contributed by atoms with E-state index in [2.05, 4.69) is 0 Å². The molecule has 5 nitrogen and oxygen atoms in total. The lowest BCUT2D eigenvalue weighted by Gasteiger charge is -2.12. The van der Waals surface area contributed by atoms with Crippen molar-refractivity contribution < 1.29 is 9.18 Å². The van der Waals surface area contributed by atoms with Gasteiger partial charge in [-0.15, -0.1) is 11.3 Å². The second-order valence-electron chi connectivity index (χ2n) is 6.88. The predicted molar refractivity (Wildman–Crippen MR) is 117 cm³/mol. The van der Waals surface area contributed by atoms with Crippen LogP contribution in [-0.2, 0) is 6.54 Å². The van der Waals surface area contributed by atoms with Gasteiger partial charge in [-0.3, -0.25) is 14.2 Å². The number of nitrogens with zero attached hydrogens (tertiary/aromatic N) is 2. The highest BCUT2D eigenvalue weighted by atomic mass is 35.5. The molecule has 0 unspecified atom stereocenters. The van der Waals surface area contributed by atoms with Crippen LogP contribution < -0.4 is 11.2 Å². The number of hydrogen-bond acceptors (Lipinski definition) is 4. The minimum Gasteiger partial charge on any atom is -0.292 e. The summed E-state index contributed by atoms with van der Waals surface area (Å²) in [5.41, 5.74) is 0.280. The largest absolute Gasteiger partial charge is 0.337 e. The summed E-state index contributed by atoms with van der Waals surface area (Å²) in [7, 11) is 0. The molecule has 0 aliphatic rings. The summed E-state index contributed by atoms with van der Waals surface area (Å²) in [6.45, 7) is 3.40. The monoisotopic (exact) mass is 442 g/mol. The molecule has 0 saturated carbocycles. The fraction of sp³-hybridized carbons (Fsp3) is 0.136. The number of halogens is 2. The first kappa shape index (κ1) is 20.3. The van der Waals surface area contributed by atoms with Crippen molar-refractivity contribution in [3.05, 3.63) is 96.2 Å². The molecule has 0 saturated heterocycles. The maximum Gasteiger partial charge on any atom is 0.337 e. The van der Waals surface area contributed by atoms with Crippen LogP contribution in [0.4, 0.5) is 4.39 Å². The Morgan fingerprint density at radius 3 is 2.47 bits per heavy atom. The first-order chi connectivity index (χ1) is 14.3. The number of hydrogen-bond donors (Lipinski definition) is 0. The lowest BCUT2D eigenvalue weighted by molar-refractivity contribution is 0.0971. The highest BCUT2D eigenvalue weighted by Crippen LogP contribution is 2.27. The molecular weight excluding hydrogens is 427 g/mol. The predicted octanol–water partition coefficient (Wildman–Crippen LogP) is 4.51. The van der Waals surface area contributed by atoms with Crippen molar-refractivity contribution in [2.75, 3.05) is 0 Å². The summed E-state index contributed by atoms with van der Waals surface area (Å²) in [6.07, 6.45) is 0. The topological polar surface area (TPSA) is 61.1 Å². The van der Waals surface area contributed by atoms with Crippen LogP contribution in [0.1, 0.15) is 20.8 Å². The van der Waals surface area contributed by atoms with Crippen LogP contribution in [0.3, 0.4) is 0 Å². The smallest absolute Gasteiger partial charge is 0.292 e. The van der Waals surface area contributed by atoms with Crippen LogP contribution in [-0.4, -0.2) is 14.9 Å². The molecule has 2 aromatic carbocycles. The van der Waals surface area contributed by atoms with Crippen molar-refractivity contribution in [3.8, 4) is 5.69 Å². The molecule has 0 fully saturated rings. The Labute approximate surface area is 179 Å². The van der Waals surface area contributed by atoms with E-state index in [1.54, 1.807) is 18.2 Å². The number of Topliss-reactive ketones (excluding diaryl/α,β-unsaturated/α-hetero) is 1. The van der Waals surface area contributed by atoms with E-state index in [0.717, 1.165) is 15.0 Å². The average Bonchev–Trinajstić information content (AvgIpc) is 3.00. The number of rotatable bonds is 4. The fourth-order valence-electron chi connectivity index (χ4n) is 3.31. The van der Waals surface area contributed by atoms with Gasteiger partial charge in [-0.2, -0.15) is 0 Å². The van der Waals surface area contributed by atoms with Gasteiger partial charge in [0, 0.05) is 15.5 Å². The Balaban J connectivity index is 1.98. The Morgan fingerprint density at radius 1 is 1.10 bits per heavy atom. The molecule has 2 aromatic heterocycles. The molecule has 0 bridgehead atoms. The number of carbonyl (C=O) groups excluding carboxylic acids is 1. The molecule has 8 heteroatoms. The number of ketones is 1. The third-order valence-corrected chi connectivity index (χ3v) is 6.45. The molecule has 0 radical (unpaired) electrons. The van der Waals surface area contributed by atoms with Gasteiger partial charge in [-0.1, -0.05) is 17.7 Å². The summed E-state index contributed by atoms with van der Waals surface area (Å²) >= 11 is 7.35. The molecule has 2 heterocycles. The Bertz CT molecular complexity index is 1420.